The molecule has 0 spiro atoms. The summed E-state index contributed by atoms with van der Waals surface area (Å²) < 4.78 is 0. The Morgan fingerprint density at radius 3 is 2.29 bits per heavy atom. The van der Waals surface area contributed by atoms with Crippen molar-refractivity contribution in [1.29, 1.82) is 0 Å². The molecule has 1 aliphatic rings. The van der Waals surface area contributed by atoms with Crippen molar-refractivity contribution < 1.29 is 4.92 Å². The molecule has 0 bridgehead atoms. The van der Waals surface area contributed by atoms with E-state index in [9.17, 15) is 10.1 Å². The van der Waals surface area contributed by atoms with Gasteiger partial charge < -0.3 is 4.90 Å². The molecule has 0 atom stereocenters. The van der Waals surface area contributed by atoms with E-state index in [1.165, 1.54) is 11.1 Å². The molecule has 0 aromatic heterocycles. The zero-order chi connectivity index (χ0) is 15.0. The number of benzene rings is 2. The van der Waals surface area contributed by atoms with Gasteiger partial charge in [0.1, 0.15) is 0 Å². The van der Waals surface area contributed by atoms with Crippen molar-refractivity contribution >= 4 is 43.2 Å². The predicted octanol–water partition coefficient (Wildman–Crippen LogP) is 4.68. The summed E-state index contributed by atoms with van der Waals surface area (Å²) in [6, 6.07) is 11.4. The van der Waals surface area contributed by atoms with Gasteiger partial charge in [-0.25, -0.2) is 0 Å². The fourth-order valence-corrected chi connectivity index (χ4v) is 4.07. The van der Waals surface area contributed by atoms with Crippen molar-refractivity contribution in [2.75, 3.05) is 15.8 Å². The van der Waals surface area contributed by atoms with Crippen molar-refractivity contribution in [2.24, 2.45) is 0 Å². The van der Waals surface area contributed by atoms with Gasteiger partial charge in [-0.3, -0.25) is 10.1 Å². The number of nitrogens with zero attached hydrogens (tertiary/aromatic N) is 2. The number of non-ortho nitro benzene ring substituents is 1. The molecule has 0 amide bonds. The van der Waals surface area contributed by atoms with Gasteiger partial charge in [-0.2, -0.15) is 0 Å². The SMILES string of the molecule is O=[N+]([O-])c1ccc2c(c1)Cc1cc(N(CBr)CBr)ccc1-2. The monoisotopic (exact) mass is 410 g/mol. The van der Waals surface area contributed by atoms with Crippen LogP contribution in [0.5, 0.6) is 0 Å². The molecule has 0 saturated carbocycles. The molecule has 2 aromatic carbocycles. The van der Waals surface area contributed by atoms with E-state index in [0.717, 1.165) is 34.1 Å². The van der Waals surface area contributed by atoms with Gasteiger partial charge in [-0.1, -0.05) is 37.9 Å². The molecular weight excluding hydrogens is 400 g/mol. The molecule has 0 N–H and O–H groups in total. The minimum atomic E-state index is -0.341. The zero-order valence-electron chi connectivity index (χ0n) is 11.1. The van der Waals surface area contributed by atoms with Crippen LogP contribution in [0.2, 0.25) is 0 Å². The van der Waals surface area contributed by atoms with Crippen molar-refractivity contribution in [3.05, 3.63) is 57.6 Å². The minimum Gasteiger partial charge on any atom is -0.352 e. The first-order valence-electron chi connectivity index (χ1n) is 6.41. The molecule has 0 unspecified atom stereocenters. The van der Waals surface area contributed by atoms with E-state index < -0.39 is 0 Å². The van der Waals surface area contributed by atoms with Crippen LogP contribution in [0, 0.1) is 10.1 Å². The number of alkyl halides is 2. The maximum absolute atomic E-state index is 10.9. The van der Waals surface area contributed by atoms with E-state index in [2.05, 4.69) is 55.0 Å². The highest BCUT2D eigenvalue weighted by Crippen LogP contribution is 2.40. The van der Waals surface area contributed by atoms with Crippen LogP contribution in [0.15, 0.2) is 36.4 Å². The van der Waals surface area contributed by atoms with E-state index in [1.54, 1.807) is 12.1 Å². The smallest absolute Gasteiger partial charge is 0.269 e. The first kappa shape index (κ1) is 14.5. The van der Waals surface area contributed by atoms with E-state index in [1.807, 2.05) is 6.07 Å². The Labute approximate surface area is 139 Å². The Hall–Kier alpha value is -1.40. The molecular formula is C15H12Br2N2O2. The highest BCUT2D eigenvalue weighted by molar-refractivity contribution is 9.09. The zero-order valence-corrected chi connectivity index (χ0v) is 14.2. The molecule has 0 saturated heterocycles. The normalized spacial score (nSPS) is 11.9. The van der Waals surface area contributed by atoms with Crippen LogP contribution in [-0.4, -0.2) is 15.8 Å². The third-order valence-corrected chi connectivity index (χ3v) is 4.92. The minimum absolute atomic E-state index is 0.157. The van der Waals surface area contributed by atoms with Crippen LogP contribution in [0.1, 0.15) is 11.1 Å². The van der Waals surface area contributed by atoms with Crippen molar-refractivity contribution in [2.45, 2.75) is 6.42 Å². The first-order chi connectivity index (χ1) is 10.1. The summed E-state index contributed by atoms with van der Waals surface area (Å²) in [4.78, 5) is 12.7. The molecule has 108 valence electrons. The lowest BCUT2D eigenvalue weighted by atomic mass is 10.1. The number of halogens is 2. The maximum atomic E-state index is 10.9. The van der Waals surface area contributed by atoms with Gasteiger partial charge in [0.05, 0.1) is 15.8 Å². The molecule has 0 fully saturated rings. The summed E-state index contributed by atoms with van der Waals surface area (Å²) in [5.41, 5.74) is 7.30. The van der Waals surface area contributed by atoms with E-state index in [-0.39, 0.29) is 10.6 Å². The number of hydrogen-bond acceptors (Lipinski definition) is 3. The van der Waals surface area contributed by atoms with Gasteiger partial charge in [0.2, 0.25) is 0 Å². The van der Waals surface area contributed by atoms with Gasteiger partial charge in [0.25, 0.3) is 5.69 Å². The van der Waals surface area contributed by atoms with E-state index in [0.29, 0.717) is 0 Å². The lowest BCUT2D eigenvalue weighted by Crippen LogP contribution is -2.18. The summed E-state index contributed by atoms with van der Waals surface area (Å²) in [6.07, 6.45) is 0.749. The maximum Gasteiger partial charge on any atom is 0.269 e. The number of fused-ring (bicyclic) bond motifs is 3. The van der Waals surface area contributed by atoms with Crippen LogP contribution in [0.25, 0.3) is 11.1 Å². The average Bonchev–Trinajstić information content (AvgIpc) is 2.85. The second-order valence-electron chi connectivity index (χ2n) is 4.90. The first-order valence-corrected chi connectivity index (χ1v) is 8.66. The quantitative estimate of drug-likeness (QED) is 0.271. The van der Waals surface area contributed by atoms with E-state index in [4.69, 9.17) is 0 Å². The van der Waals surface area contributed by atoms with Crippen LogP contribution in [0.3, 0.4) is 0 Å². The summed E-state index contributed by atoms with van der Waals surface area (Å²) in [6.45, 7) is 0. The van der Waals surface area contributed by atoms with Gasteiger partial charge in [0.15, 0.2) is 0 Å². The molecule has 2 aromatic rings. The summed E-state index contributed by atoms with van der Waals surface area (Å²) in [7, 11) is 0. The Kier molecular flexibility index (Phi) is 3.99. The molecule has 1 aliphatic carbocycles. The second-order valence-corrected chi connectivity index (χ2v) is 5.90. The van der Waals surface area contributed by atoms with Crippen LogP contribution >= 0.6 is 31.9 Å². The number of anilines is 1. The highest BCUT2D eigenvalue weighted by atomic mass is 79.9. The largest absolute Gasteiger partial charge is 0.352 e. The Morgan fingerprint density at radius 1 is 1.05 bits per heavy atom. The van der Waals surface area contributed by atoms with Gasteiger partial charge in [-0.05, 0) is 46.9 Å². The lowest BCUT2D eigenvalue weighted by molar-refractivity contribution is -0.384. The predicted molar refractivity (Wildman–Crippen MR) is 91.4 cm³/mol. The number of nitro groups is 1. The van der Waals surface area contributed by atoms with Crippen LogP contribution in [0.4, 0.5) is 11.4 Å². The number of nitro benzene ring substituents is 1. The Morgan fingerprint density at radius 2 is 1.67 bits per heavy atom. The molecule has 0 aliphatic heterocycles. The molecule has 6 heteroatoms. The third kappa shape index (κ3) is 2.58. The lowest BCUT2D eigenvalue weighted by Gasteiger charge is -2.19. The fourth-order valence-electron chi connectivity index (χ4n) is 2.66. The Bertz CT molecular complexity index is 715. The van der Waals surface area contributed by atoms with Gasteiger partial charge >= 0.3 is 0 Å². The molecule has 0 heterocycles. The number of rotatable bonds is 4. The molecule has 0 radical (unpaired) electrons. The van der Waals surface area contributed by atoms with Crippen LogP contribution in [-0.2, 0) is 6.42 Å². The molecule has 21 heavy (non-hydrogen) atoms. The van der Waals surface area contributed by atoms with Crippen molar-refractivity contribution in [3.8, 4) is 11.1 Å². The molecule has 4 nitrogen and oxygen atoms in total. The third-order valence-electron chi connectivity index (χ3n) is 3.71. The molecule has 3 rings (SSSR count). The summed E-state index contributed by atoms with van der Waals surface area (Å²) >= 11 is 6.94. The Balaban J connectivity index is 2.00. The summed E-state index contributed by atoms with van der Waals surface area (Å²) in [5, 5.41) is 10.9. The fraction of sp³-hybridized carbons (Fsp3) is 0.200. The number of hydrogen-bond donors (Lipinski definition) is 0. The van der Waals surface area contributed by atoms with Crippen molar-refractivity contribution in [3.63, 3.8) is 0 Å². The standard InChI is InChI=1S/C15H12Br2N2O2/c16-8-18(9-17)12-1-3-14-10(6-12)5-11-7-13(19(20)21)2-4-15(11)14/h1-4,6-7H,5,8-9H2. The van der Waals surface area contributed by atoms with Crippen LogP contribution < -0.4 is 4.90 Å². The van der Waals surface area contributed by atoms with Crippen molar-refractivity contribution in [1.82, 2.24) is 0 Å². The summed E-state index contributed by atoms with van der Waals surface area (Å²) in [5.74, 6) is 0. The average molecular weight is 412 g/mol. The topological polar surface area (TPSA) is 46.4 Å². The second kappa shape index (κ2) is 5.77. The van der Waals surface area contributed by atoms with E-state index >= 15 is 0 Å². The van der Waals surface area contributed by atoms with Gasteiger partial charge in [0, 0.05) is 17.8 Å². The highest BCUT2D eigenvalue weighted by Gasteiger charge is 2.21. The van der Waals surface area contributed by atoms with Gasteiger partial charge in [-0.15, -0.1) is 0 Å².